The fourth-order valence-electron chi connectivity index (χ4n) is 4.94. The number of benzene rings is 1. The van der Waals surface area contributed by atoms with E-state index in [1.807, 2.05) is 0 Å². The van der Waals surface area contributed by atoms with Gasteiger partial charge in [-0.2, -0.15) is 0 Å². The molecule has 26 heavy (non-hydrogen) atoms. The molecule has 2 aliphatic rings. The maximum absolute atomic E-state index is 11.8. The Morgan fingerprint density at radius 3 is 2.38 bits per heavy atom. The third kappa shape index (κ3) is 3.70. The summed E-state index contributed by atoms with van der Waals surface area (Å²) in [5.74, 6) is 0.808. The molecule has 1 aromatic heterocycles. The van der Waals surface area contributed by atoms with Crippen molar-refractivity contribution in [2.75, 3.05) is 19.3 Å². The van der Waals surface area contributed by atoms with Gasteiger partial charge in [-0.1, -0.05) is 50.3 Å². The molecule has 1 aliphatic heterocycles. The van der Waals surface area contributed by atoms with Crippen molar-refractivity contribution in [3.8, 4) is 0 Å². The van der Waals surface area contributed by atoms with Crippen molar-refractivity contribution in [3.05, 3.63) is 36.0 Å². The molecule has 0 atom stereocenters. The lowest BCUT2D eigenvalue weighted by Crippen LogP contribution is -2.38. The molecule has 0 radical (unpaired) electrons. The van der Waals surface area contributed by atoms with Gasteiger partial charge >= 0.3 is 0 Å². The van der Waals surface area contributed by atoms with Gasteiger partial charge in [-0.25, -0.2) is 12.7 Å². The molecule has 0 spiro atoms. The number of fused-ring (bicyclic) bond motifs is 1. The number of sulfonamides is 1. The average molecular weight is 375 g/mol. The lowest BCUT2D eigenvalue weighted by atomic mass is 9.86. The van der Waals surface area contributed by atoms with Crippen LogP contribution in [0.1, 0.15) is 56.7 Å². The second kappa shape index (κ2) is 7.35. The molecule has 1 saturated carbocycles. The van der Waals surface area contributed by atoms with Crippen LogP contribution in [-0.4, -0.2) is 36.6 Å². The first kappa shape index (κ1) is 18.1. The van der Waals surface area contributed by atoms with Crippen molar-refractivity contribution in [1.29, 1.82) is 0 Å². The summed E-state index contributed by atoms with van der Waals surface area (Å²) in [6.45, 7) is 1.28. The second-order valence-corrected chi connectivity index (χ2v) is 10.1. The summed E-state index contributed by atoms with van der Waals surface area (Å²) in [6.07, 6.45) is 11.2. The lowest BCUT2D eigenvalue weighted by molar-refractivity contribution is 0.272. The van der Waals surface area contributed by atoms with E-state index in [9.17, 15) is 8.42 Å². The van der Waals surface area contributed by atoms with Gasteiger partial charge in [0.1, 0.15) is 0 Å². The van der Waals surface area contributed by atoms with Crippen molar-refractivity contribution in [2.45, 2.75) is 57.4 Å². The van der Waals surface area contributed by atoms with Crippen molar-refractivity contribution in [2.24, 2.45) is 5.92 Å². The third-order valence-corrected chi connectivity index (χ3v) is 7.61. The van der Waals surface area contributed by atoms with E-state index in [2.05, 4.69) is 34.9 Å². The Kier molecular flexibility index (Phi) is 5.11. The summed E-state index contributed by atoms with van der Waals surface area (Å²) in [4.78, 5) is 0. The van der Waals surface area contributed by atoms with Gasteiger partial charge in [-0.3, -0.25) is 0 Å². The number of piperidine rings is 1. The molecular formula is C21H30N2O2S. The first-order chi connectivity index (χ1) is 12.5. The van der Waals surface area contributed by atoms with E-state index >= 15 is 0 Å². The van der Waals surface area contributed by atoms with Crippen molar-refractivity contribution in [1.82, 2.24) is 8.87 Å². The molecule has 0 unspecified atom stereocenters. The zero-order valence-corrected chi connectivity index (χ0v) is 16.5. The quantitative estimate of drug-likeness (QED) is 0.798. The monoisotopic (exact) mass is 374 g/mol. The van der Waals surface area contributed by atoms with E-state index < -0.39 is 10.0 Å². The van der Waals surface area contributed by atoms with Crippen molar-refractivity contribution in [3.63, 3.8) is 0 Å². The van der Waals surface area contributed by atoms with Crippen LogP contribution in [0.2, 0.25) is 0 Å². The predicted molar refractivity (Wildman–Crippen MR) is 107 cm³/mol. The molecule has 4 rings (SSSR count). The molecular weight excluding hydrogens is 344 g/mol. The predicted octanol–water partition coefficient (Wildman–Crippen LogP) is 4.36. The summed E-state index contributed by atoms with van der Waals surface area (Å²) in [6, 6.07) is 11.5. The fraction of sp³-hybridized carbons (Fsp3) is 0.619. The van der Waals surface area contributed by atoms with Crippen LogP contribution in [0.15, 0.2) is 30.3 Å². The largest absolute Gasteiger partial charge is 0.341 e. The van der Waals surface area contributed by atoms with Gasteiger partial charge in [0, 0.05) is 30.3 Å². The number of hydrogen-bond donors (Lipinski definition) is 0. The molecule has 2 fully saturated rings. The fourth-order valence-corrected chi connectivity index (χ4v) is 5.81. The highest BCUT2D eigenvalue weighted by Crippen LogP contribution is 2.34. The van der Waals surface area contributed by atoms with Crippen LogP contribution < -0.4 is 0 Å². The molecule has 1 aromatic carbocycles. The Hall–Kier alpha value is -1.33. The first-order valence-electron chi connectivity index (χ1n) is 10.1. The van der Waals surface area contributed by atoms with Crippen molar-refractivity contribution < 1.29 is 8.42 Å². The Morgan fingerprint density at radius 2 is 1.69 bits per heavy atom. The molecule has 5 heteroatoms. The molecule has 1 aliphatic carbocycles. The van der Waals surface area contributed by atoms with Crippen LogP contribution in [0.4, 0.5) is 0 Å². The van der Waals surface area contributed by atoms with Gasteiger partial charge in [0.2, 0.25) is 10.0 Å². The number of aromatic nitrogens is 1. The van der Waals surface area contributed by atoms with E-state index in [1.54, 1.807) is 4.31 Å². The lowest BCUT2D eigenvalue weighted by Gasteiger charge is -2.33. The number of hydrogen-bond acceptors (Lipinski definition) is 2. The average Bonchev–Trinajstić information content (AvgIpc) is 2.99. The molecule has 1 saturated heterocycles. The summed E-state index contributed by atoms with van der Waals surface area (Å²) < 4.78 is 27.9. The minimum atomic E-state index is -3.07. The summed E-state index contributed by atoms with van der Waals surface area (Å²) in [7, 11) is -3.07. The van der Waals surface area contributed by atoms with Crippen LogP contribution in [0, 0.1) is 5.92 Å². The van der Waals surface area contributed by atoms with Gasteiger partial charge in [-0.15, -0.1) is 0 Å². The first-order valence-corrected chi connectivity index (χ1v) is 11.9. The molecule has 0 amide bonds. The van der Waals surface area contributed by atoms with Gasteiger partial charge in [0.05, 0.1) is 6.26 Å². The molecule has 0 N–H and O–H groups in total. The number of rotatable bonds is 4. The standard InChI is InChI=1S/C21H30N2O2S/c1-26(24,25)22-13-11-19(12-14-22)23-20(15-17-7-3-2-4-8-17)16-18-9-5-6-10-21(18)23/h5-6,9-10,16-17,19H,2-4,7-8,11-15H2,1H3. The molecule has 0 bridgehead atoms. The smallest absolute Gasteiger partial charge is 0.211 e. The maximum Gasteiger partial charge on any atom is 0.211 e. The third-order valence-electron chi connectivity index (χ3n) is 6.31. The van der Waals surface area contributed by atoms with Crippen LogP contribution >= 0.6 is 0 Å². The highest BCUT2D eigenvalue weighted by Gasteiger charge is 2.28. The zero-order chi connectivity index (χ0) is 18.1. The minimum absolute atomic E-state index is 0.409. The van der Waals surface area contributed by atoms with Gasteiger partial charge in [0.25, 0.3) is 0 Å². The van der Waals surface area contributed by atoms with Gasteiger partial charge < -0.3 is 4.57 Å². The van der Waals surface area contributed by atoms with E-state index in [1.165, 1.54) is 61.4 Å². The Bertz CT molecular complexity index is 857. The SMILES string of the molecule is CS(=O)(=O)N1CCC(n2c(CC3CCCCC3)cc3ccccc32)CC1. The highest BCUT2D eigenvalue weighted by atomic mass is 32.2. The second-order valence-electron chi connectivity index (χ2n) is 8.17. The van der Waals surface area contributed by atoms with Gasteiger partial charge in [0.15, 0.2) is 0 Å². The molecule has 2 aromatic rings. The highest BCUT2D eigenvalue weighted by molar-refractivity contribution is 7.88. The van der Waals surface area contributed by atoms with E-state index in [4.69, 9.17) is 0 Å². The number of nitrogens with zero attached hydrogens (tertiary/aromatic N) is 2. The van der Waals surface area contributed by atoms with Crippen LogP contribution in [-0.2, 0) is 16.4 Å². The topological polar surface area (TPSA) is 42.3 Å². The number of para-hydroxylation sites is 1. The van der Waals surface area contributed by atoms with E-state index in [0.717, 1.165) is 18.8 Å². The maximum atomic E-state index is 11.8. The Labute approximate surface area is 157 Å². The van der Waals surface area contributed by atoms with Gasteiger partial charge in [-0.05, 0) is 42.7 Å². The molecule has 4 nitrogen and oxygen atoms in total. The molecule has 2 heterocycles. The van der Waals surface area contributed by atoms with Crippen LogP contribution in [0.25, 0.3) is 10.9 Å². The van der Waals surface area contributed by atoms with E-state index in [-0.39, 0.29) is 0 Å². The van der Waals surface area contributed by atoms with Crippen LogP contribution in [0.5, 0.6) is 0 Å². The summed E-state index contributed by atoms with van der Waals surface area (Å²) in [5, 5.41) is 1.32. The summed E-state index contributed by atoms with van der Waals surface area (Å²) in [5.41, 5.74) is 2.77. The summed E-state index contributed by atoms with van der Waals surface area (Å²) >= 11 is 0. The zero-order valence-electron chi connectivity index (χ0n) is 15.7. The Balaban J connectivity index is 1.61. The van der Waals surface area contributed by atoms with Crippen LogP contribution in [0.3, 0.4) is 0 Å². The normalized spacial score (nSPS) is 21.4. The Morgan fingerprint density at radius 1 is 1.00 bits per heavy atom. The van der Waals surface area contributed by atoms with E-state index in [0.29, 0.717) is 19.1 Å². The van der Waals surface area contributed by atoms with Crippen molar-refractivity contribution >= 4 is 20.9 Å². The minimum Gasteiger partial charge on any atom is -0.341 e. The molecule has 142 valence electrons.